The first kappa shape index (κ1) is 19.2. The van der Waals surface area contributed by atoms with Crippen molar-refractivity contribution < 1.29 is 5.11 Å². The van der Waals surface area contributed by atoms with Crippen LogP contribution in [0.4, 0.5) is 5.69 Å². The minimum atomic E-state index is 0.0736. The maximum absolute atomic E-state index is 10.7. The van der Waals surface area contributed by atoms with E-state index in [1.54, 1.807) is 6.07 Å². The zero-order valence-corrected chi connectivity index (χ0v) is 16.7. The average molecular weight is 404 g/mol. The maximum atomic E-state index is 10.7. The SMILES string of the molecule is NCCCc1ccc(N=C(c2ccccc2)c2c(O)[nH]c3cc(Cl)ccc23)cc1. The molecule has 4 nitrogen and oxygen atoms in total. The van der Waals surface area contributed by atoms with Gasteiger partial charge in [0.1, 0.15) is 0 Å². The van der Waals surface area contributed by atoms with E-state index in [1.807, 2.05) is 54.6 Å². The van der Waals surface area contributed by atoms with E-state index in [0.717, 1.165) is 35.0 Å². The molecule has 0 bridgehead atoms. The van der Waals surface area contributed by atoms with E-state index in [4.69, 9.17) is 22.3 Å². The summed E-state index contributed by atoms with van der Waals surface area (Å²) in [5.74, 6) is 0.0736. The van der Waals surface area contributed by atoms with Crippen LogP contribution in [0.15, 0.2) is 77.8 Å². The van der Waals surface area contributed by atoms with Gasteiger partial charge in [-0.2, -0.15) is 0 Å². The molecule has 0 saturated carbocycles. The molecule has 0 amide bonds. The van der Waals surface area contributed by atoms with Crippen LogP contribution in [-0.2, 0) is 6.42 Å². The zero-order valence-electron chi connectivity index (χ0n) is 15.9. The van der Waals surface area contributed by atoms with E-state index in [-0.39, 0.29) is 5.88 Å². The van der Waals surface area contributed by atoms with Crippen LogP contribution in [0.5, 0.6) is 5.88 Å². The molecular formula is C24H22ClN3O. The number of H-pyrrole nitrogens is 1. The summed E-state index contributed by atoms with van der Waals surface area (Å²) in [6.45, 7) is 0.682. The summed E-state index contributed by atoms with van der Waals surface area (Å²) in [5.41, 5.74) is 10.7. The molecule has 0 unspecified atom stereocenters. The molecule has 29 heavy (non-hydrogen) atoms. The van der Waals surface area contributed by atoms with Gasteiger partial charge < -0.3 is 15.8 Å². The van der Waals surface area contributed by atoms with Crippen LogP contribution in [-0.4, -0.2) is 22.3 Å². The van der Waals surface area contributed by atoms with Crippen LogP contribution in [0, 0.1) is 0 Å². The first-order valence-electron chi connectivity index (χ1n) is 9.59. The quantitative estimate of drug-likeness (QED) is 0.367. The lowest BCUT2D eigenvalue weighted by Crippen LogP contribution is -2.03. The molecule has 0 aliphatic carbocycles. The van der Waals surface area contributed by atoms with Gasteiger partial charge in [-0.1, -0.05) is 60.1 Å². The highest BCUT2D eigenvalue weighted by Gasteiger charge is 2.18. The van der Waals surface area contributed by atoms with Crippen molar-refractivity contribution in [1.82, 2.24) is 4.98 Å². The average Bonchev–Trinajstić information content (AvgIpc) is 3.06. The summed E-state index contributed by atoms with van der Waals surface area (Å²) in [4.78, 5) is 7.92. The number of benzene rings is 3. The fraction of sp³-hybridized carbons (Fsp3) is 0.125. The molecule has 0 aliphatic heterocycles. The van der Waals surface area contributed by atoms with Gasteiger partial charge in [0.2, 0.25) is 0 Å². The second kappa shape index (κ2) is 8.52. The molecule has 3 aromatic carbocycles. The Morgan fingerprint density at radius 3 is 2.48 bits per heavy atom. The summed E-state index contributed by atoms with van der Waals surface area (Å²) in [6.07, 6.45) is 1.92. The molecule has 0 saturated heterocycles. The first-order chi connectivity index (χ1) is 14.2. The first-order valence-corrected chi connectivity index (χ1v) is 9.97. The minimum Gasteiger partial charge on any atom is -0.494 e. The Morgan fingerprint density at radius 2 is 1.76 bits per heavy atom. The highest BCUT2D eigenvalue weighted by atomic mass is 35.5. The van der Waals surface area contributed by atoms with E-state index in [9.17, 15) is 5.11 Å². The Labute approximate surface area is 174 Å². The number of nitrogens with zero attached hydrogens (tertiary/aromatic N) is 1. The third-order valence-corrected chi connectivity index (χ3v) is 5.11. The Balaban J connectivity index is 1.84. The number of aliphatic imine (C=N–C) groups is 1. The topological polar surface area (TPSA) is 74.4 Å². The number of hydrogen-bond donors (Lipinski definition) is 3. The van der Waals surface area contributed by atoms with Crippen molar-refractivity contribution >= 4 is 33.9 Å². The highest BCUT2D eigenvalue weighted by Crippen LogP contribution is 2.32. The van der Waals surface area contributed by atoms with Crippen molar-refractivity contribution in [3.05, 3.63) is 94.5 Å². The van der Waals surface area contributed by atoms with Crippen molar-refractivity contribution in [2.75, 3.05) is 6.54 Å². The predicted octanol–water partition coefficient (Wildman–Crippen LogP) is 5.59. The van der Waals surface area contributed by atoms with E-state index < -0.39 is 0 Å². The van der Waals surface area contributed by atoms with Gasteiger partial charge in [0.05, 0.1) is 22.5 Å². The lowest BCUT2D eigenvalue weighted by Gasteiger charge is -2.08. The van der Waals surface area contributed by atoms with Crippen molar-refractivity contribution in [2.45, 2.75) is 12.8 Å². The van der Waals surface area contributed by atoms with Gasteiger partial charge in [0.25, 0.3) is 0 Å². The maximum Gasteiger partial charge on any atom is 0.199 e. The summed E-state index contributed by atoms with van der Waals surface area (Å²) in [7, 11) is 0. The highest BCUT2D eigenvalue weighted by molar-refractivity contribution is 6.31. The molecule has 4 aromatic rings. The number of hydrogen-bond acceptors (Lipinski definition) is 3. The lowest BCUT2D eigenvalue weighted by atomic mass is 10.0. The fourth-order valence-corrected chi connectivity index (χ4v) is 3.60. The molecule has 5 heteroatoms. The number of aromatic nitrogens is 1. The third-order valence-electron chi connectivity index (χ3n) is 4.87. The van der Waals surface area contributed by atoms with Gasteiger partial charge >= 0.3 is 0 Å². The number of aromatic amines is 1. The van der Waals surface area contributed by atoms with Gasteiger partial charge in [0.15, 0.2) is 5.88 Å². The van der Waals surface area contributed by atoms with Gasteiger partial charge in [-0.25, -0.2) is 4.99 Å². The minimum absolute atomic E-state index is 0.0736. The van der Waals surface area contributed by atoms with Crippen LogP contribution >= 0.6 is 11.6 Å². The van der Waals surface area contributed by atoms with E-state index in [0.29, 0.717) is 22.8 Å². The van der Waals surface area contributed by atoms with Gasteiger partial charge in [0, 0.05) is 16.0 Å². The number of rotatable bonds is 6. The molecule has 0 fully saturated rings. The predicted molar refractivity (Wildman–Crippen MR) is 121 cm³/mol. The van der Waals surface area contributed by atoms with Crippen molar-refractivity contribution in [3.8, 4) is 5.88 Å². The number of nitrogens with two attached hydrogens (primary N) is 1. The van der Waals surface area contributed by atoms with E-state index in [2.05, 4.69) is 17.1 Å². The van der Waals surface area contributed by atoms with E-state index >= 15 is 0 Å². The van der Waals surface area contributed by atoms with E-state index in [1.165, 1.54) is 5.56 Å². The van der Waals surface area contributed by atoms with Gasteiger partial charge in [-0.05, 0) is 49.2 Å². The summed E-state index contributed by atoms with van der Waals surface area (Å²) < 4.78 is 0. The molecule has 146 valence electrons. The Morgan fingerprint density at radius 1 is 1.00 bits per heavy atom. The second-order valence-electron chi connectivity index (χ2n) is 6.92. The fourth-order valence-electron chi connectivity index (χ4n) is 3.43. The third kappa shape index (κ3) is 4.19. The van der Waals surface area contributed by atoms with Crippen molar-refractivity contribution in [2.24, 2.45) is 10.7 Å². The van der Waals surface area contributed by atoms with Crippen LogP contribution in [0.2, 0.25) is 5.02 Å². The van der Waals surface area contributed by atoms with Crippen LogP contribution in [0.1, 0.15) is 23.1 Å². The standard InChI is InChI=1S/C24H22ClN3O/c25-18-10-13-20-21(15-18)28-24(29)22(20)23(17-6-2-1-3-7-17)27-19-11-8-16(9-12-19)5-4-14-26/h1-3,6-13,15,28-29H,4-5,14,26H2. The molecule has 1 heterocycles. The molecular weight excluding hydrogens is 382 g/mol. The number of nitrogens with one attached hydrogen (secondary N) is 1. The molecule has 1 aromatic heterocycles. The number of aryl methyl sites for hydroxylation is 1. The normalized spacial score (nSPS) is 11.9. The molecule has 4 N–H and O–H groups in total. The zero-order chi connectivity index (χ0) is 20.2. The molecule has 0 radical (unpaired) electrons. The number of fused-ring (bicyclic) bond motifs is 1. The molecule has 4 rings (SSSR count). The van der Waals surface area contributed by atoms with Crippen LogP contribution < -0.4 is 5.73 Å². The summed E-state index contributed by atoms with van der Waals surface area (Å²) in [6, 6.07) is 23.5. The Kier molecular flexibility index (Phi) is 5.65. The molecule has 0 spiro atoms. The van der Waals surface area contributed by atoms with Crippen LogP contribution in [0.3, 0.4) is 0 Å². The molecule has 0 aliphatic rings. The molecule has 0 atom stereocenters. The van der Waals surface area contributed by atoms with Crippen LogP contribution in [0.25, 0.3) is 10.9 Å². The van der Waals surface area contributed by atoms with Gasteiger partial charge in [-0.15, -0.1) is 0 Å². The summed E-state index contributed by atoms with van der Waals surface area (Å²) >= 11 is 6.12. The van der Waals surface area contributed by atoms with Crippen molar-refractivity contribution in [1.29, 1.82) is 0 Å². The Hall–Kier alpha value is -3.08. The number of halogens is 1. The lowest BCUT2D eigenvalue weighted by molar-refractivity contribution is 0.457. The monoisotopic (exact) mass is 403 g/mol. The number of aromatic hydroxyl groups is 1. The van der Waals surface area contributed by atoms with Gasteiger partial charge in [-0.3, -0.25) is 0 Å². The smallest absolute Gasteiger partial charge is 0.199 e. The second-order valence-corrected chi connectivity index (χ2v) is 7.36. The Bertz CT molecular complexity index is 1150. The summed E-state index contributed by atoms with van der Waals surface area (Å²) in [5, 5.41) is 12.2. The largest absolute Gasteiger partial charge is 0.494 e. The van der Waals surface area contributed by atoms with Crippen molar-refractivity contribution in [3.63, 3.8) is 0 Å².